The molecule has 0 bridgehead atoms. The summed E-state index contributed by atoms with van der Waals surface area (Å²) in [5.74, 6) is 0.143. The highest BCUT2D eigenvalue weighted by atomic mass is 16.5. The fraction of sp³-hybridized carbons (Fsp3) is 0.250. The number of aryl methyl sites for hydroxylation is 1. The standard InChI is InChI=1S/C20H18N4O2/c1-24-15(10-14(23-24)12-6-3-2-4-7-12)18-13(11-21)20(22)26-17-9-5-8-16(25)19(17)18/h2-4,6-7,10,18H,5,8-9,22H2,1H3/t18-/m0/s1. The number of carbonyl (C=O) groups is 1. The van der Waals surface area contributed by atoms with E-state index in [9.17, 15) is 10.1 Å². The van der Waals surface area contributed by atoms with E-state index in [4.69, 9.17) is 10.5 Å². The number of hydrogen-bond donors (Lipinski definition) is 1. The van der Waals surface area contributed by atoms with Gasteiger partial charge in [0.25, 0.3) is 0 Å². The van der Waals surface area contributed by atoms with Gasteiger partial charge in [-0.25, -0.2) is 0 Å². The van der Waals surface area contributed by atoms with Crippen LogP contribution in [-0.4, -0.2) is 15.6 Å². The van der Waals surface area contributed by atoms with Crippen LogP contribution in [0.2, 0.25) is 0 Å². The zero-order valence-corrected chi connectivity index (χ0v) is 14.4. The van der Waals surface area contributed by atoms with E-state index >= 15 is 0 Å². The third-order valence-electron chi connectivity index (χ3n) is 4.89. The van der Waals surface area contributed by atoms with Crippen LogP contribution in [0, 0.1) is 11.3 Å². The maximum Gasteiger partial charge on any atom is 0.205 e. The van der Waals surface area contributed by atoms with Crippen LogP contribution in [0.1, 0.15) is 30.9 Å². The summed E-state index contributed by atoms with van der Waals surface area (Å²) in [6, 6.07) is 13.8. The second kappa shape index (κ2) is 6.19. The summed E-state index contributed by atoms with van der Waals surface area (Å²) in [5.41, 5.74) is 9.33. The maximum atomic E-state index is 12.6. The van der Waals surface area contributed by atoms with Gasteiger partial charge in [0, 0.05) is 31.0 Å². The van der Waals surface area contributed by atoms with Crippen molar-refractivity contribution in [3.63, 3.8) is 0 Å². The number of nitrogens with zero attached hydrogens (tertiary/aromatic N) is 3. The number of ketones is 1. The highest BCUT2D eigenvalue weighted by Gasteiger charge is 2.39. The summed E-state index contributed by atoms with van der Waals surface area (Å²) >= 11 is 0. The zero-order valence-electron chi connectivity index (χ0n) is 14.4. The molecule has 6 heteroatoms. The number of nitriles is 1. The Morgan fingerprint density at radius 1 is 1.31 bits per heavy atom. The molecule has 0 saturated carbocycles. The van der Waals surface area contributed by atoms with Crippen LogP contribution < -0.4 is 5.73 Å². The maximum absolute atomic E-state index is 12.6. The van der Waals surface area contributed by atoms with Gasteiger partial charge < -0.3 is 10.5 Å². The molecule has 6 nitrogen and oxygen atoms in total. The predicted octanol–water partition coefficient (Wildman–Crippen LogP) is 2.90. The van der Waals surface area contributed by atoms with Crippen molar-refractivity contribution < 1.29 is 9.53 Å². The first-order valence-corrected chi connectivity index (χ1v) is 8.53. The van der Waals surface area contributed by atoms with Crippen molar-refractivity contribution in [3.8, 4) is 17.3 Å². The lowest BCUT2D eigenvalue weighted by atomic mass is 9.79. The Balaban J connectivity index is 1.88. The van der Waals surface area contributed by atoms with Crippen molar-refractivity contribution in [1.29, 1.82) is 5.26 Å². The fourth-order valence-electron chi connectivity index (χ4n) is 3.65. The van der Waals surface area contributed by atoms with Gasteiger partial charge in [-0.3, -0.25) is 9.48 Å². The third kappa shape index (κ3) is 2.49. The van der Waals surface area contributed by atoms with E-state index in [0.717, 1.165) is 23.4 Å². The van der Waals surface area contributed by atoms with Gasteiger partial charge in [-0.05, 0) is 12.5 Å². The molecule has 26 heavy (non-hydrogen) atoms. The van der Waals surface area contributed by atoms with Crippen molar-refractivity contribution in [3.05, 3.63) is 64.9 Å². The molecule has 1 atom stereocenters. The zero-order chi connectivity index (χ0) is 18.3. The van der Waals surface area contributed by atoms with Crippen molar-refractivity contribution >= 4 is 5.78 Å². The van der Waals surface area contributed by atoms with Crippen LogP contribution in [0.15, 0.2) is 59.2 Å². The summed E-state index contributed by atoms with van der Waals surface area (Å²) in [7, 11) is 1.82. The normalized spacial score (nSPS) is 19.8. The van der Waals surface area contributed by atoms with Gasteiger partial charge in [-0.1, -0.05) is 30.3 Å². The largest absolute Gasteiger partial charge is 0.444 e. The molecule has 2 aliphatic rings. The number of aromatic nitrogens is 2. The van der Waals surface area contributed by atoms with E-state index in [1.165, 1.54) is 0 Å². The molecule has 2 heterocycles. The molecule has 0 unspecified atom stereocenters. The Kier molecular flexibility index (Phi) is 3.85. The van der Waals surface area contributed by atoms with E-state index in [-0.39, 0.29) is 17.2 Å². The molecule has 1 aromatic heterocycles. The van der Waals surface area contributed by atoms with Gasteiger partial charge in [-0.15, -0.1) is 0 Å². The van der Waals surface area contributed by atoms with Crippen LogP contribution in [0.4, 0.5) is 0 Å². The van der Waals surface area contributed by atoms with Gasteiger partial charge in [0.1, 0.15) is 17.4 Å². The smallest absolute Gasteiger partial charge is 0.205 e. The minimum atomic E-state index is -0.536. The summed E-state index contributed by atoms with van der Waals surface area (Å²) < 4.78 is 7.33. The van der Waals surface area contributed by atoms with Crippen LogP contribution in [-0.2, 0) is 16.6 Å². The van der Waals surface area contributed by atoms with Gasteiger partial charge in [0.15, 0.2) is 5.78 Å². The lowest BCUT2D eigenvalue weighted by molar-refractivity contribution is -0.116. The molecule has 2 aromatic rings. The number of benzene rings is 1. The first kappa shape index (κ1) is 16.2. The Labute approximate surface area is 151 Å². The number of Topliss-reactive ketones (excluding diaryl/α,β-unsaturated/α-hetero) is 1. The first-order valence-electron chi connectivity index (χ1n) is 8.53. The van der Waals surface area contributed by atoms with Crippen molar-refractivity contribution in [2.45, 2.75) is 25.2 Å². The molecule has 0 amide bonds. The lowest BCUT2D eigenvalue weighted by Crippen LogP contribution is -2.28. The molecule has 2 N–H and O–H groups in total. The van der Waals surface area contributed by atoms with Crippen LogP contribution in [0.5, 0.6) is 0 Å². The lowest BCUT2D eigenvalue weighted by Gasteiger charge is -2.30. The second-order valence-corrected chi connectivity index (χ2v) is 6.48. The highest BCUT2D eigenvalue weighted by Crippen LogP contribution is 2.43. The molecule has 130 valence electrons. The molecule has 0 radical (unpaired) electrons. The number of carbonyl (C=O) groups excluding carboxylic acids is 1. The van der Waals surface area contributed by atoms with E-state index < -0.39 is 5.92 Å². The number of rotatable bonds is 2. The Morgan fingerprint density at radius 2 is 2.08 bits per heavy atom. The van der Waals surface area contributed by atoms with Crippen LogP contribution in [0.3, 0.4) is 0 Å². The third-order valence-corrected chi connectivity index (χ3v) is 4.89. The summed E-state index contributed by atoms with van der Waals surface area (Å²) in [5, 5.41) is 14.2. The van der Waals surface area contributed by atoms with Crippen molar-refractivity contribution in [1.82, 2.24) is 9.78 Å². The van der Waals surface area contributed by atoms with E-state index in [1.54, 1.807) is 4.68 Å². The topological polar surface area (TPSA) is 93.9 Å². The first-order chi connectivity index (χ1) is 12.6. The Bertz CT molecular complexity index is 993. The van der Waals surface area contributed by atoms with E-state index in [0.29, 0.717) is 24.2 Å². The van der Waals surface area contributed by atoms with Crippen LogP contribution in [0.25, 0.3) is 11.3 Å². The molecule has 0 saturated heterocycles. The monoisotopic (exact) mass is 346 g/mol. The fourth-order valence-corrected chi connectivity index (χ4v) is 3.65. The Hall–Kier alpha value is -3.33. The SMILES string of the molecule is Cn1nc(-c2ccccc2)cc1[C@@H]1C(C#N)=C(N)OC2=C1C(=O)CCC2. The molecule has 4 rings (SSSR count). The summed E-state index contributed by atoms with van der Waals surface area (Å²) in [6.07, 6.45) is 1.85. The minimum absolute atomic E-state index is 0.0129. The quantitative estimate of drug-likeness (QED) is 0.902. The number of ether oxygens (including phenoxy) is 1. The average molecular weight is 346 g/mol. The van der Waals surface area contributed by atoms with Crippen LogP contribution >= 0.6 is 0 Å². The molecule has 1 aromatic carbocycles. The average Bonchev–Trinajstić information content (AvgIpc) is 3.03. The van der Waals surface area contributed by atoms with Gasteiger partial charge in [-0.2, -0.15) is 10.4 Å². The highest BCUT2D eigenvalue weighted by molar-refractivity contribution is 5.99. The molecule has 0 spiro atoms. The predicted molar refractivity (Wildman–Crippen MR) is 95.2 cm³/mol. The molecule has 0 fully saturated rings. The molecular weight excluding hydrogens is 328 g/mol. The summed E-state index contributed by atoms with van der Waals surface area (Å²) in [6.45, 7) is 0. The van der Waals surface area contributed by atoms with Gasteiger partial charge >= 0.3 is 0 Å². The Morgan fingerprint density at radius 3 is 2.81 bits per heavy atom. The molecule has 1 aliphatic carbocycles. The van der Waals surface area contributed by atoms with E-state index in [2.05, 4.69) is 11.2 Å². The summed E-state index contributed by atoms with van der Waals surface area (Å²) in [4.78, 5) is 12.6. The molecular formula is C20H18N4O2. The minimum Gasteiger partial charge on any atom is -0.444 e. The van der Waals surface area contributed by atoms with Crippen molar-refractivity contribution in [2.75, 3.05) is 0 Å². The number of hydrogen-bond acceptors (Lipinski definition) is 5. The molecule has 1 aliphatic heterocycles. The second-order valence-electron chi connectivity index (χ2n) is 6.48. The number of allylic oxidation sites excluding steroid dienone is 3. The van der Waals surface area contributed by atoms with E-state index in [1.807, 2.05) is 43.4 Å². The van der Waals surface area contributed by atoms with Gasteiger partial charge in [0.05, 0.1) is 17.3 Å². The number of nitrogens with two attached hydrogens (primary N) is 1. The van der Waals surface area contributed by atoms with Crippen molar-refractivity contribution in [2.24, 2.45) is 12.8 Å². The van der Waals surface area contributed by atoms with Gasteiger partial charge in [0.2, 0.25) is 5.88 Å².